The highest BCUT2D eigenvalue weighted by molar-refractivity contribution is 6.03. The molecule has 126 valence electrons. The van der Waals surface area contributed by atoms with E-state index >= 15 is 0 Å². The number of nitro benzene ring substituents is 1. The molecule has 0 fully saturated rings. The molecule has 1 atom stereocenters. The Morgan fingerprint density at radius 2 is 2.04 bits per heavy atom. The standard InChI is InChI=1S/C13H11N3O8/c14-4-7(12(20)15-8(5-17)13(21)22)1-6-2-9(16(23)24)11(19)10(18)3-6/h1-3,8,17-19H,5H2,(H,15,20)(H,21,22)/b7-1+/t8-/m0/s1. The summed E-state index contributed by atoms with van der Waals surface area (Å²) in [5, 5.41) is 57.9. The maximum atomic E-state index is 11.8. The first kappa shape index (κ1) is 18.4. The number of hydrogen-bond acceptors (Lipinski definition) is 8. The van der Waals surface area contributed by atoms with Gasteiger partial charge in [0, 0.05) is 6.07 Å². The third-order valence-corrected chi connectivity index (χ3v) is 2.75. The van der Waals surface area contributed by atoms with Crippen LogP contribution in [-0.4, -0.2) is 49.9 Å². The summed E-state index contributed by atoms with van der Waals surface area (Å²) in [7, 11) is 0. The summed E-state index contributed by atoms with van der Waals surface area (Å²) < 4.78 is 0. The first-order valence-electron chi connectivity index (χ1n) is 6.18. The monoisotopic (exact) mass is 337 g/mol. The lowest BCUT2D eigenvalue weighted by Gasteiger charge is -2.10. The van der Waals surface area contributed by atoms with E-state index in [4.69, 9.17) is 15.5 Å². The van der Waals surface area contributed by atoms with Gasteiger partial charge in [0.2, 0.25) is 5.75 Å². The summed E-state index contributed by atoms with van der Waals surface area (Å²) in [6.07, 6.45) is 0.845. The number of nitrogens with one attached hydrogen (secondary N) is 1. The molecule has 0 aliphatic heterocycles. The molecule has 0 saturated heterocycles. The quantitative estimate of drug-likeness (QED) is 0.149. The number of nitro groups is 1. The van der Waals surface area contributed by atoms with Crippen molar-refractivity contribution < 1.29 is 34.9 Å². The van der Waals surface area contributed by atoms with Crippen molar-refractivity contribution in [3.8, 4) is 17.6 Å². The molecule has 0 aliphatic carbocycles. The van der Waals surface area contributed by atoms with Crippen molar-refractivity contribution in [2.24, 2.45) is 0 Å². The molecule has 11 heteroatoms. The van der Waals surface area contributed by atoms with Crippen LogP contribution in [0.1, 0.15) is 5.56 Å². The first-order chi connectivity index (χ1) is 11.2. The van der Waals surface area contributed by atoms with Gasteiger partial charge < -0.3 is 25.7 Å². The second kappa shape index (κ2) is 7.56. The SMILES string of the molecule is N#C/C(=C\c1cc(O)c(O)c([N+](=O)[O-])c1)C(=O)N[C@@H](CO)C(=O)O. The van der Waals surface area contributed by atoms with Crippen molar-refractivity contribution in [2.75, 3.05) is 6.61 Å². The summed E-state index contributed by atoms with van der Waals surface area (Å²) in [5.74, 6) is -4.49. The number of rotatable bonds is 6. The van der Waals surface area contributed by atoms with Gasteiger partial charge >= 0.3 is 11.7 Å². The van der Waals surface area contributed by atoms with E-state index in [1.54, 1.807) is 0 Å². The molecular weight excluding hydrogens is 326 g/mol. The number of hydrogen-bond donors (Lipinski definition) is 5. The number of carbonyl (C=O) groups excluding carboxylic acids is 1. The van der Waals surface area contributed by atoms with Gasteiger partial charge in [-0.2, -0.15) is 5.26 Å². The fourth-order valence-electron chi connectivity index (χ4n) is 1.58. The van der Waals surface area contributed by atoms with Gasteiger partial charge in [0.05, 0.1) is 11.5 Å². The van der Waals surface area contributed by atoms with Crippen LogP contribution < -0.4 is 5.32 Å². The predicted molar refractivity (Wildman–Crippen MR) is 76.7 cm³/mol. The average Bonchev–Trinajstić information content (AvgIpc) is 2.52. The first-order valence-corrected chi connectivity index (χ1v) is 6.18. The molecule has 5 N–H and O–H groups in total. The Bertz CT molecular complexity index is 765. The predicted octanol–water partition coefficient (Wildman–Crippen LogP) is -0.525. The highest BCUT2D eigenvalue weighted by atomic mass is 16.6. The molecule has 0 radical (unpaired) electrons. The molecule has 0 bridgehead atoms. The Morgan fingerprint density at radius 3 is 2.50 bits per heavy atom. The van der Waals surface area contributed by atoms with Crippen molar-refractivity contribution in [2.45, 2.75) is 6.04 Å². The number of benzene rings is 1. The maximum Gasteiger partial charge on any atom is 0.328 e. The number of carboxylic acid groups (broad SMARTS) is 1. The lowest BCUT2D eigenvalue weighted by atomic mass is 10.1. The van der Waals surface area contributed by atoms with E-state index in [0.717, 1.165) is 18.2 Å². The van der Waals surface area contributed by atoms with E-state index < -0.39 is 52.2 Å². The van der Waals surface area contributed by atoms with E-state index in [1.807, 2.05) is 5.32 Å². The Labute approximate surface area is 133 Å². The Hall–Kier alpha value is -3.65. The molecule has 1 rings (SSSR count). The zero-order valence-electron chi connectivity index (χ0n) is 11.8. The lowest BCUT2D eigenvalue weighted by Crippen LogP contribution is -2.43. The number of phenols is 2. The Balaban J connectivity index is 3.22. The van der Waals surface area contributed by atoms with E-state index in [-0.39, 0.29) is 5.56 Å². The van der Waals surface area contributed by atoms with Crippen LogP contribution in [0.2, 0.25) is 0 Å². The minimum Gasteiger partial charge on any atom is -0.504 e. The van der Waals surface area contributed by atoms with E-state index in [0.29, 0.717) is 0 Å². The van der Waals surface area contributed by atoms with Gasteiger partial charge in [-0.3, -0.25) is 14.9 Å². The van der Waals surface area contributed by atoms with Crippen molar-refractivity contribution in [1.29, 1.82) is 5.26 Å². The normalized spacial score (nSPS) is 12.1. The molecule has 1 amide bonds. The highest BCUT2D eigenvalue weighted by Gasteiger charge is 2.22. The smallest absolute Gasteiger partial charge is 0.328 e. The molecule has 11 nitrogen and oxygen atoms in total. The number of aliphatic carboxylic acids is 1. The molecule has 1 aromatic rings. The van der Waals surface area contributed by atoms with Crippen LogP contribution in [0.5, 0.6) is 11.5 Å². The fourth-order valence-corrected chi connectivity index (χ4v) is 1.58. The van der Waals surface area contributed by atoms with Crippen molar-refractivity contribution in [1.82, 2.24) is 5.32 Å². The molecule has 0 heterocycles. The number of nitrogens with zero attached hydrogens (tertiary/aromatic N) is 2. The van der Waals surface area contributed by atoms with Crippen LogP contribution in [0, 0.1) is 21.4 Å². The fraction of sp³-hybridized carbons (Fsp3) is 0.154. The van der Waals surface area contributed by atoms with Gasteiger partial charge in [-0.15, -0.1) is 0 Å². The maximum absolute atomic E-state index is 11.8. The number of amides is 1. The van der Waals surface area contributed by atoms with Gasteiger partial charge in [0.25, 0.3) is 5.91 Å². The molecule has 1 aromatic carbocycles. The van der Waals surface area contributed by atoms with E-state index in [9.17, 15) is 29.9 Å². The number of aromatic hydroxyl groups is 2. The third-order valence-electron chi connectivity index (χ3n) is 2.75. The molecule has 0 unspecified atom stereocenters. The minimum absolute atomic E-state index is 0.153. The number of carbonyl (C=O) groups is 2. The average molecular weight is 337 g/mol. The number of phenolic OH excluding ortho intramolecular Hbond substituents is 2. The van der Waals surface area contributed by atoms with Gasteiger partial charge in [-0.25, -0.2) is 4.79 Å². The number of aliphatic hydroxyl groups excluding tert-OH is 1. The molecular formula is C13H11N3O8. The summed E-state index contributed by atoms with van der Waals surface area (Å²) in [5.41, 5.74) is -1.63. The summed E-state index contributed by atoms with van der Waals surface area (Å²) in [6.45, 7) is -0.911. The van der Waals surface area contributed by atoms with Crippen molar-refractivity contribution in [3.63, 3.8) is 0 Å². The topological polar surface area (TPSA) is 194 Å². The second-order valence-corrected chi connectivity index (χ2v) is 4.38. The van der Waals surface area contributed by atoms with Crippen LogP contribution in [0.4, 0.5) is 5.69 Å². The minimum atomic E-state index is -1.64. The third kappa shape index (κ3) is 4.18. The molecule has 0 aliphatic rings. The van der Waals surface area contributed by atoms with E-state index in [2.05, 4.69) is 0 Å². The van der Waals surface area contributed by atoms with Gasteiger partial charge in [0.15, 0.2) is 11.8 Å². The summed E-state index contributed by atoms with van der Waals surface area (Å²) in [4.78, 5) is 32.3. The molecule has 0 saturated carbocycles. The number of aliphatic hydroxyl groups is 1. The zero-order chi connectivity index (χ0) is 18.4. The van der Waals surface area contributed by atoms with Gasteiger partial charge in [0.1, 0.15) is 11.6 Å². The number of carboxylic acids is 1. The largest absolute Gasteiger partial charge is 0.504 e. The lowest BCUT2D eigenvalue weighted by molar-refractivity contribution is -0.386. The Kier molecular flexibility index (Phi) is 5.80. The number of nitriles is 1. The van der Waals surface area contributed by atoms with Crippen LogP contribution in [0.25, 0.3) is 6.08 Å². The zero-order valence-corrected chi connectivity index (χ0v) is 11.8. The van der Waals surface area contributed by atoms with Crippen LogP contribution in [0.3, 0.4) is 0 Å². The Morgan fingerprint density at radius 1 is 1.42 bits per heavy atom. The van der Waals surface area contributed by atoms with Crippen LogP contribution in [-0.2, 0) is 9.59 Å². The van der Waals surface area contributed by atoms with E-state index in [1.165, 1.54) is 6.07 Å². The van der Waals surface area contributed by atoms with Crippen LogP contribution in [0.15, 0.2) is 17.7 Å². The van der Waals surface area contributed by atoms with Crippen molar-refractivity contribution in [3.05, 3.63) is 33.4 Å². The summed E-state index contributed by atoms with van der Waals surface area (Å²) in [6, 6.07) is 1.49. The molecule has 0 spiro atoms. The van der Waals surface area contributed by atoms with Crippen LogP contribution >= 0.6 is 0 Å². The highest BCUT2D eigenvalue weighted by Crippen LogP contribution is 2.36. The van der Waals surface area contributed by atoms with Gasteiger partial charge in [-0.1, -0.05) is 0 Å². The van der Waals surface area contributed by atoms with Gasteiger partial charge in [-0.05, 0) is 17.7 Å². The molecule has 24 heavy (non-hydrogen) atoms. The molecule has 0 aromatic heterocycles. The second-order valence-electron chi connectivity index (χ2n) is 4.38. The summed E-state index contributed by atoms with van der Waals surface area (Å²) >= 11 is 0. The van der Waals surface area contributed by atoms with Crippen molar-refractivity contribution >= 4 is 23.6 Å².